The molecule has 0 aromatic heterocycles. The van der Waals surface area contributed by atoms with Crippen LogP contribution < -0.4 is 10.2 Å². The summed E-state index contributed by atoms with van der Waals surface area (Å²) in [5.74, 6) is -1.68. The van der Waals surface area contributed by atoms with E-state index in [9.17, 15) is 19.2 Å². The number of esters is 1. The van der Waals surface area contributed by atoms with Crippen molar-refractivity contribution >= 4 is 35.1 Å². The second-order valence-electron chi connectivity index (χ2n) is 8.55. The van der Waals surface area contributed by atoms with Crippen molar-refractivity contribution in [2.45, 2.75) is 13.3 Å². The topological polar surface area (TPSA) is 92.8 Å². The molecule has 2 bridgehead atoms. The molecule has 1 aliphatic heterocycles. The number of nitrogens with zero attached hydrogens (tertiary/aromatic N) is 1. The summed E-state index contributed by atoms with van der Waals surface area (Å²) in [6.45, 7) is 1.53. The lowest BCUT2D eigenvalue weighted by atomic mass is 9.85. The van der Waals surface area contributed by atoms with Gasteiger partial charge in [0, 0.05) is 5.69 Å². The van der Waals surface area contributed by atoms with Crippen molar-refractivity contribution < 1.29 is 23.9 Å². The number of fused-ring (bicyclic) bond motifs is 5. The molecular weight excluding hydrogens is 408 g/mol. The quantitative estimate of drug-likeness (QED) is 0.447. The van der Waals surface area contributed by atoms with Gasteiger partial charge in [-0.1, -0.05) is 29.8 Å². The second kappa shape index (κ2) is 7.75. The number of benzene rings is 2. The van der Waals surface area contributed by atoms with Gasteiger partial charge in [-0.3, -0.25) is 19.3 Å². The van der Waals surface area contributed by atoms with Gasteiger partial charge in [0.05, 0.1) is 23.1 Å². The minimum atomic E-state index is -0.659. The average Bonchev–Trinajstić information content (AvgIpc) is 3.47. The maximum Gasteiger partial charge on any atom is 0.338 e. The lowest BCUT2D eigenvalue weighted by molar-refractivity contribution is -0.123. The Morgan fingerprint density at radius 1 is 0.938 bits per heavy atom. The summed E-state index contributed by atoms with van der Waals surface area (Å²) in [6.07, 6.45) is 4.98. The molecule has 2 aromatic carbocycles. The molecule has 2 aromatic rings. The van der Waals surface area contributed by atoms with Gasteiger partial charge >= 0.3 is 5.97 Å². The minimum absolute atomic E-state index is 0.145. The SMILES string of the molecule is Cc1ccc(NC(=O)COC(=O)c2ccc(N3C(=O)[C@H]4[C@H](C3=O)[C@H]3C=C[C@H]4C3)cc2)cc1. The number of imide groups is 1. The minimum Gasteiger partial charge on any atom is -0.452 e. The van der Waals surface area contributed by atoms with E-state index in [1.807, 2.05) is 19.1 Å². The Kier molecular flexibility index (Phi) is 4.89. The first kappa shape index (κ1) is 20.2. The van der Waals surface area contributed by atoms with Crippen LogP contribution in [0.1, 0.15) is 22.3 Å². The number of aryl methyl sites for hydroxylation is 1. The largest absolute Gasteiger partial charge is 0.452 e. The molecule has 162 valence electrons. The number of nitrogens with one attached hydrogen (secondary N) is 1. The number of anilines is 2. The highest BCUT2D eigenvalue weighted by atomic mass is 16.5. The summed E-state index contributed by atoms with van der Waals surface area (Å²) in [5, 5.41) is 2.66. The number of carbonyl (C=O) groups excluding carboxylic acids is 4. The second-order valence-corrected chi connectivity index (χ2v) is 8.55. The molecule has 3 amide bonds. The molecule has 3 aliphatic rings. The first-order chi connectivity index (χ1) is 15.4. The third-order valence-electron chi connectivity index (χ3n) is 6.50. The van der Waals surface area contributed by atoms with E-state index in [0.29, 0.717) is 11.4 Å². The van der Waals surface area contributed by atoms with Crippen molar-refractivity contribution in [3.05, 3.63) is 71.8 Å². The van der Waals surface area contributed by atoms with Gasteiger partial charge < -0.3 is 10.1 Å². The molecular formula is C25H22N2O5. The monoisotopic (exact) mass is 430 g/mol. The molecule has 7 nitrogen and oxygen atoms in total. The van der Waals surface area contributed by atoms with Crippen molar-refractivity contribution in [1.29, 1.82) is 0 Å². The molecule has 32 heavy (non-hydrogen) atoms. The predicted octanol–water partition coefficient (Wildman–Crippen LogP) is 3.10. The van der Waals surface area contributed by atoms with Gasteiger partial charge in [-0.2, -0.15) is 0 Å². The summed E-state index contributed by atoms with van der Waals surface area (Å²) in [7, 11) is 0. The zero-order chi connectivity index (χ0) is 22.4. The van der Waals surface area contributed by atoms with Crippen LogP contribution in [0.2, 0.25) is 0 Å². The van der Waals surface area contributed by atoms with Crippen LogP contribution in [0.25, 0.3) is 0 Å². The van der Waals surface area contributed by atoms with Crippen LogP contribution >= 0.6 is 0 Å². The molecule has 4 atom stereocenters. The molecule has 2 fully saturated rings. The van der Waals surface area contributed by atoms with Crippen LogP contribution in [-0.2, 0) is 19.1 Å². The maximum atomic E-state index is 12.9. The Labute approximate surface area is 185 Å². The van der Waals surface area contributed by atoms with E-state index in [4.69, 9.17) is 4.74 Å². The zero-order valence-corrected chi connectivity index (χ0v) is 17.5. The molecule has 1 saturated carbocycles. The highest BCUT2D eigenvalue weighted by Gasteiger charge is 2.59. The van der Waals surface area contributed by atoms with Gasteiger partial charge in [0.1, 0.15) is 0 Å². The molecule has 2 aliphatic carbocycles. The summed E-state index contributed by atoms with van der Waals surface area (Å²) < 4.78 is 5.08. The number of allylic oxidation sites excluding steroid dienone is 2. The van der Waals surface area contributed by atoms with Crippen molar-refractivity contribution in [2.24, 2.45) is 23.7 Å². The number of carbonyl (C=O) groups is 4. The van der Waals surface area contributed by atoms with Crippen LogP contribution in [0.15, 0.2) is 60.7 Å². The zero-order valence-electron chi connectivity index (χ0n) is 17.5. The van der Waals surface area contributed by atoms with Crippen molar-refractivity contribution in [3.8, 4) is 0 Å². The van der Waals surface area contributed by atoms with E-state index in [1.165, 1.54) is 17.0 Å². The van der Waals surface area contributed by atoms with Gasteiger partial charge in [0.15, 0.2) is 6.61 Å². The Balaban J connectivity index is 1.20. The van der Waals surface area contributed by atoms with Crippen LogP contribution in [0, 0.1) is 30.6 Å². The van der Waals surface area contributed by atoms with Crippen molar-refractivity contribution in [3.63, 3.8) is 0 Å². The molecule has 1 heterocycles. The molecule has 7 heteroatoms. The third kappa shape index (κ3) is 3.39. The van der Waals surface area contributed by atoms with Crippen LogP contribution in [-0.4, -0.2) is 30.3 Å². The summed E-state index contributed by atoms with van der Waals surface area (Å²) >= 11 is 0. The number of ether oxygens (including phenoxy) is 1. The van der Waals surface area contributed by atoms with Crippen molar-refractivity contribution in [1.82, 2.24) is 0 Å². The van der Waals surface area contributed by atoms with Gasteiger partial charge in [-0.25, -0.2) is 4.79 Å². The maximum absolute atomic E-state index is 12.9. The molecule has 0 spiro atoms. The lowest BCUT2D eigenvalue weighted by Gasteiger charge is -2.17. The fraction of sp³-hybridized carbons (Fsp3) is 0.280. The first-order valence-corrected chi connectivity index (χ1v) is 10.6. The average molecular weight is 430 g/mol. The Hall–Kier alpha value is -3.74. The number of hydrogen-bond donors (Lipinski definition) is 1. The molecule has 1 saturated heterocycles. The fourth-order valence-corrected chi connectivity index (χ4v) is 4.95. The molecule has 0 radical (unpaired) electrons. The Morgan fingerprint density at radius 2 is 1.53 bits per heavy atom. The summed E-state index contributed by atoms with van der Waals surface area (Å²) in [6, 6.07) is 13.4. The predicted molar refractivity (Wildman–Crippen MR) is 117 cm³/mol. The molecule has 0 unspecified atom stereocenters. The van der Waals surface area contributed by atoms with E-state index < -0.39 is 18.5 Å². The van der Waals surface area contributed by atoms with E-state index in [2.05, 4.69) is 17.5 Å². The lowest BCUT2D eigenvalue weighted by Crippen LogP contribution is -2.32. The van der Waals surface area contributed by atoms with Crippen LogP contribution in [0.5, 0.6) is 0 Å². The highest BCUT2D eigenvalue weighted by molar-refractivity contribution is 6.22. The van der Waals surface area contributed by atoms with Crippen LogP contribution in [0.4, 0.5) is 11.4 Å². The van der Waals surface area contributed by atoms with Gasteiger partial charge in [-0.15, -0.1) is 0 Å². The summed E-state index contributed by atoms with van der Waals surface area (Å²) in [4.78, 5) is 51.3. The normalized spacial score (nSPS) is 25.2. The number of rotatable bonds is 5. The van der Waals surface area contributed by atoms with E-state index in [-0.39, 0.29) is 41.0 Å². The molecule has 5 rings (SSSR count). The third-order valence-corrected chi connectivity index (χ3v) is 6.50. The van der Waals surface area contributed by atoms with Crippen molar-refractivity contribution in [2.75, 3.05) is 16.8 Å². The number of amides is 3. The fourth-order valence-electron chi connectivity index (χ4n) is 4.95. The molecule has 1 N–H and O–H groups in total. The highest BCUT2D eigenvalue weighted by Crippen LogP contribution is 2.53. The van der Waals surface area contributed by atoms with E-state index in [0.717, 1.165) is 12.0 Å². The number of hydrogen-bond acceptors (Lipinski definition) is 5. The van der Waals surface area contributed by atoms with E-state index >= 15 is 0 Å². The van der Waals surface area contributed by atoms with Gasteiger partial charge in [-0.05, 0) is 61.6 Å². The van der Waals surface area contributed by atoms with E-state index in [1.54, 1.807) is 24.3 Å². The standard InChI is InChI=1S/C25H22N2O5/c1-14-2-8-18(9-3-14)26-20(28)13-32-25(31)15-6-10-19(11-7-15)27-23(29)21-16-4-5-17(12-16)22(21)24(27)30/h2-11,16-17,21-22H,12-13H2,1H3,(H,26,28)/t16-,17-,21+,22+/m0/s1. The smallest absolute Gasteiger partial charge is 0.338 e. The first-order valence-electron chi connectivity index (χ1n) is 10.6. The van der Waals surface area contributed by atoms with Gasteiger partial charge in [0.2, 0.25) is 11.8 Å². The Morgan fingerprint density at radius 3 is 2.12 bits per heavy atom. The summed E-state index contributed by atoms with van der Waals surface area (Å²) in [5.41, 5.74) is 2.37. The van der Waals surface area contributed by atoms with Gasteiger partial charge in [0.25, 0.3) is 5.91 Å². The Bertz CT molecular complexity index is 1110. The van der Waals surface area contributed by atoms with Crippen LogP contribution in [0.3, 0.4) is 0 Å².